The molecule has 0 bridgehead atoms. The number of hydrogen-bond donors (Lipinski definition) is 1. The van der Waals surface area contributed by atoms with Gasteiger partial charge in [-0.15, -0.1) is 0 Å². The zero-order valence-electron chi connectivity index (χ0n) is 10.4. The van der Waals surface area contributed by atoms with Gasteiger partial charge < -0.3 is 5.32 Å². The van der Waals surface area contributed by atoms with Crippen molar-refractivity contribution in [2.75, 3.05) is 5.32 Å². The number of hydrogen-bond acceptors (Lipinski definition) is 3. The van der Waals surface area contributed by atoms with Gasteiger partial charge in [-0.2, -0.15) is 0 Å². The maximum absolute atomic E-state index is 5.95. The van der Waals surface area contributed by atoms with Gasteiger partial charge in [-0.25, -0.2) is 9.97 Å². The van der Waals surface area contributed by atoms with Crippen LogP contribution in [0.2, 0.25) is 5.15 Å². The number of halogens is 1. The highest BCUT2D eigenvalue weighted by atomic mass is 35.5. The quantitative estimate of drug-likeness (QED) is 0.800. The molecular weight excluding hydrogens is 222 g/mol. The van der Waals surface area contributed by atoms with Crippen LogP contribution >= 0.6 is 11.6 Å². The molecular formula is C12H20ClN3. The molecule has 1 N–H and O–H groups in total. The molecule has 0 aliphatic heterocycles. The Hall–Kier alpha value is -0.830. The van der Waals surface area contributed by atoms with E-state index in [0.717, 1.165) is 11.4 Å². The second-order valence-electron chi connectivity index (χ2n) is 4.15. The fourth-order valence-corrected chi connectivity index (χ4v) is 2.04. The standard InChI is InChI=1S/C12H20ClN3/c1-5-10(6-2)9(4)16-12-8(3)11(13)14-7-15-12/h7,9-10H,5-6H2,1-4H3,(H,14,15,16). The summed E-state index contributed by atoms with van der Waals surface area (Å²) < 4.78 is 0. The van der Waals surface area contributed by atoms with Crippen LogP contribution in [0.3, 0.4) is 0 Å². The molecule has 1 aromatic rings. The smallest absolute Gasteiger partial charge is 0.137 e. The molecule has 0 fully saturated rings. The van der Waals surface area contributed by atoms with Crippen molar-refractivity contribution < 1.29 is 0 Å². The Kier molecular flexibility index (Phi) is 5.00. The summed E-state index contributed by atoms with van der Waals surface area (Å²) in [4.78, 5) is 8.17. The Morgan fingerprint density at radius 2 is 1.94 bits per heavy atom. The van der Waals surface area contributed by atoms with Crippen molar-refractivity contribution in [3.05, 3.63) is 17.0 Å². The summed E-state index contributed by atoms with van der Waals surface area (Å²) in [6.07, 6.45) is 3.84. The van der Waals surface area contributed by atoms with Gasteiger partial charge >= 0.3 is 0 Å². The topological polar surface area (TPSA) is 37.8 Å². The minimum atomic E-state index is 0.402. The molecule has 1 rings (SSSR count). The van der Waals surface area contributed by atoms with E-state index in [1.807, 2.05) is 6.92 Å². The van der Waals surface area contributed by atoms with Gasteiger partial charge in [-0.3, -0.25) is 0 Å². The highest BCUT2D eigenvalue weighted by Crippen LogP contribution is 2.22. The van der Waals surface area contributed by atoms with Crippen LogP contribution in [0.15, 0.2) is 6.33 Å². The van der Waals surface area contributed by atoms with Gasteiger partial charge in [0.1, 0.15) is 17.3 Å². The summed E-state index contributed by atoms with van der Waals surface area (Å²) in [7, 11) is 0. The SMILES string of the molecule is CCC(CC)C(C)Nc1ncnc(Cl)c1C. The van der Waals surface area contributed by atoms with Gasteiger partial charge in [0.15, 0.2) is 0 Å². The number of rotatable bonds is 5. The zero-order valence-corrected chi connectivity index (χ0v) is 11.2. The van der Waals surface area contributed by atoms with Crippen LogP contribution in [-0.4, -0.2) is 16.0 Å². The molecule has 90 valence electrons. The molecule has 1 heterocycles. The van der Waals surface area contributed by atoms with Gasteiger partial charge in [0, 0.05) is 11.6 Å². The summed E-state index contributed by atoms with van der Waals surface area (Å²) in [5, 5.41) is 3.94. The molecule has 0 saturated carbocycles. The maximum Gasteiger partial charge on any atom is 0.137 e. The zero-order chi connectivity index (χ0) is 12.1. The third-order valence-corrected chi connectivity index (χ3v) is 3.52. The summed E-state index contributed by atoms with van der Waals surface area (Å²) in [5.74, 6) is 1.51. The van der Waals surface area contributed by atoms with Crippen molar-refractivity contribution >= 4 is 17.4 Å². The number of aromatic nitrogens is 2. The van der Waals surface area contributed by atoms with Crippen LogP contribution in [0.5, 0.6) is 0 Å². The Labute approximate surface area is 103 Å². The lowest BCUT2D eigenvalue weighted by molar-refractivity contribution is 0.437. The van der Waals surface area contributed by atoms with Crippen molar-refractivity contribution in [3.63, 3.8) is 0 Å². The van der Waals surface area contributed by atoms with E-state index in [2.05, 4.69) is 36.1 Å². The summed E-state index contributed by atoms with van der Waals surface area (Å²) in [6.45, 7) is 8.55. The molecule has 4 heteroatoms. The normalized spacial score (nSPS) is 12.9. The van der Waals surface area contributed by atoms with Crippen molar-refractivity contribution in [2.24, 2.45) is 5.92 Å². The van der Waals surface area contributed by atoms with Crippen LogP contribution < -0.4 is 5.32 Å². The average Bonchev–Trinajstić information content (AvgIpc) is 2.26. The first kappa shape index (κ1) is 13.2. The fourth-order valence-electron chi connectivity index (χ4n) is 1.90. The molecule has 1 aromatic heterocycles. The summed E-state index contributed by atoms with van der Waals surface area (Å²) >= 11 is 5.95. The molecule has 0 aromatic carbocycles. The maximum atomic E-state index is 5.95. The largest absolute Gasteiger partial charge is 0.367 e. The molecule has 3 nitrogen and oxygen atoms in total. The first-order valence-corrected chi connectivity index (χ1v) is 6.21. The van der Waals surface area contributed by atoms with Crippen molar-refractivity contribution in [1.82, 2.24) is 9.97 Å². The van der Waals surface area contributed by atoms with Crippen LogP contribution in [0.1, 0.15) is 39.2 Å². The first-order valence-electron chi connectivity index (χ1n) is 5.83. The first-order chi connectivity index (χ1) is 7.60. The summed E-state index contributed by atoms with van der Waals surface area (Å²) in [5.41, 5.74) is 0.918. The molecule has 0 amide bonds. The molecule has 1 atom stereocenters. The lowest BCUT2D eigenvalue weighted by Gasteiger charge is -2.23. The van der Waals surface area contributed by atoms with Crippen molar-refractivity contribution in [3.8, 4) is 0 Å². The number of nitrogens with one attached hydrogen (secondary N) is 1. The van der Waals surface area contributed by atoms with E-state index < -0.39 is 0 Å². The van der Waals surface area contributed by atoms with E-state index in [9.17, 15) is 0 Å². The third kappa shape index (κ3) is 3.08. The molecule has 0 saturated heterocycles. The van der Waals surface area contributed by atoms with Gasteiger partial charge in [0.25, 0.3) is 0 Å². The minimum absolute atomic E-state index is 0.402. The van der Waals surface area contributed by atoms with E-state index >= 15 is 0 Å². The van der Waals surface area contributed by atoms with Crippen LogP contribution in [0.4, 0.5) is 5.82 Å². The molecule has 0 aliphatic carbocycles. The second kappa shape index (κ2) is 6.04. The highest BCUT2D eigenvalue weighted by molar-refractivity contribution is 6.30. The highest BCUT2D eigenvalue weighted by Gasteiger charge is 2.15. The lowest BCUT2D eigenvalue weighted by Crippen LogP contribution is -2.26. The molecule has 0 aliphatic rings. The predicted octanol–water partition coefficient (Wildman–Crippen LogP) is 3.68. The van der Waals surface area contributed by atoms with E-state index in [-0.39, 0.29) is 0 Å². The second-order valence-corrected chi connectivity index (χ2v) is 4.51. The van der Waals surface area contributed by atoms with Crippen LogP contribution in [0.25, 0.3) is 0 Å². The van der Waals surface area contributed by atoms with Gasteiger partial charge in [-0.1, -0.05) is 38.3 Å². The third-order valence-electron chi connectivity index (χ3n) is 3.14. The van der Waals surface area contributed by atoms with E-state index in [0.29, 0.717) is 17.1 Å². The predicted molar refractivity (Wildman–Crippen MR) is 68.9 cm³/mol. The van der Waals surface area contributed by atoms with E-state index in [1.54, 1.807) is 0 Å². The summed E-state index contributed by atoms with van der Waals surface area (Å²) in [6, 6.07) is 0.402. The van der Waals surface area contributed by atoms with Crippen LogP contribution in [-0.2, 0) is 0 Å². The Bertz CT molecular complexity index is 337. The number of anilines is 1. The molecule has 1 unspecified atom stereocenters. The Morgan fingerprint density at radius 1 is 1.31 bits per heavy atom. The monoisotopic (exact) mass is 241 g/mol. The molecule has 0 spiro atoms. The van der Waals surface area contributed by atoms with Gasteiger partial charge in [0.2, 0.25) is 0 Å². The minimum Gasteiger partial charge on any atom is -0.367 e. The van der Waals surface area contributed by atoms with Crippen LogP contribution in [0, 0.1) is 12.8 Å². The van der Waals surface area contributed by atoms with Crippen molar-refractivity contribution in [2.45, 2.75) is 46.6 Å². The fraction of sp³-hybridized carbons (Fsp3) is 0.667. The Morgan fingerprint density at radius 3 is 2.50 bits per heavy atom. The lowest BCUT2D eigenvalue weighted by atomic mass is 9.95. The van der Waals surface area contributed by atoms with E-state index in [1.165, 1.54) is 19.2 Å². The molecule has 16 heavy (non-hydrogen) atoms. The average molecular weight is 242 g/mol. The van der Waals surface area contributed by atoms with Gasteiger partial charge in [0.05, 0.1) is 0 Å². The number of nitrogens with zero attached hydrogens (tertiary/aromatic N) is 2. The van der Waals surface area contributed by atoms with Crippen molar-refractivity contribution in [1.29, 1.82) is 0 Å². The molecule has 0 radical (unpaired) electrons. The van der Waals surface area contributed by atoms with E-state index in [4.69, 9.17) is 11.6 Å². The Balaban J connectivity index is 2.76. The van der Waals surface area contributed by atoms with Gasteiger partial charge in [-0.05, 0) is 19.8 Å².